The minimum absolute atomic E-state index is 0.0234. The first-order valence-corrected chi connectivity index (χ1v) is 4.24. The zero-order valence-corrected chi connectivity index (χ0v) is 8.10. The van der Waals surface area contributed by atoms with Crippen LogP contribution in [0.5, 0.6) is 0 Å². The summed E-state index contributed by atoms with van der Waals surface area (Å²) in [6.45, 7) is 0. The van der Waals surface area contributed by atoms with Crippen LogP contribution in [0.25, 0.3) is 11.4 Å². The van der Waals surface area contributed by atoms with E-state index in [0.29, 0.717) is 10.2 Å². The highest BCUT2D eigenvalue weighted by Gasteiger charge is 2.37. The van der Waals surface area contributed by atoms with Crippen LogP contribution in [-0.4, -0.2) is 25.0 Å². The molecule has 16 heavy (non-hydrogen) atoms. The summed E-state index contributed by atoms with van der Waals surface area (Å²) < 4.78 is 38.0. The molecule has 0 unspecified atom stereocenters. The maximum atomic E-state index is 12.4. The lowest BCUT2D eigenvalue weighted by molar-refractivity contribution is -0.147. The van der Waals surface area contributed by atoms with Gasteiger partial charge in [0.25, 0.3) is 0 Å². The summed E-state index contributed by atoms with van der Waals surface area (Å²) in [5.74, 6) is -1.07. The Morgan fingerprint density at radius 2 is 2.00 bits per heavy atom. The molecule has 0 saturated carbocycles. The third-order valence-electron chi connectivity index (χ3n) is 1.86. The first-order valence-electron chi connectivity index (χ1n) is 4.24. The molecule has 0 aliphatic carbocycles. The molecule has 0 spiro atoms. The van der Waals surface area contributed by atoms with Crippen molar-refractivity contribution in [3.8, 4) is 11.4 Å². The van der Waals surface area contributed by atoms with Crippen molar-refractivity contribution in [3.05, 3.63) is 24.3 Å². The summed E-state index contributed by atoms with van der Waals surface area (Å²) >= 11 is 0. The van der Waals surface area contributed by atoms with E-state index < -0.39 is 12.0 Å². The minimum Gasteiger partial charge on any atom is -0.245 e. The smallest absolute Gasteiger partial charge is 0.245 e. The summed E-state index contributed by atoms with van der Waals surface area (Å²) in [4.78, 5) is 3.41. The Hall–Kier alpha value is -1.99. The fourth-order valence-corrected chi connectivity index (χ4v) is 1.18. The second kappa shape index (κ2) is 3.54. The van der Waals surface area contributed by atoms with Crippen molar-refractivity contribution in [1.29, 1.82) is 0 Å². The lowest BCUT2D eigenvalue weighted by Gasteiger charge is -2.02. The molecule has 8 heteroatoms. The van der Waals surface area contributed by atoms with Crippen molar-refractivity contribution >= 4 is 0 Å². The van der Waals surface area contributed by atoms with Crippen LogP contribution < -0.4 is 0 Å². The zero-order chi connectivity index (χ0) is 11.8. The van der Waals surface area contributed by atoms with Crippen molar-refractivity contribution in [2.75, 3.05) is 0 Å². The van der Waals surface area contributed by atoms with Crippen LogP contribution in [0.3, 0.4) is 0 Å². The zero-order valence-electron chi connectivity index (χ0n) is 8.10. The lowest BCUT2D eigenvalue weighted by Crippen LogP contribution is -2.13. The first kappa shape index (κ1) is 10.5. The van der Waals surface area contributed by atoms with Gasteiger partial charge in [-0.2, -0.15) is 28.5 Å². The Morgan fingerprint density at radius 1 is 1.25 bits per heavy atom. The molecule has 2 aromatic rings. The van der Waals surface area contributed by atoms with E-state index in [1.807, 2.05) is 0 Å². The van der Waals surface area contributed by atoms with Crippen LogP contribution in [0.15, 0.2) is 18.5 Å². The number of aromatic nitrogens is 5. The number of hydrogen-bond donors (Lipinski definition) is 0. The Labute approximate surface area is 87.9 Å². The van der Waals surface area contributed by atoms with E-state index >= 15 is 0 Å². The van der Waals surface area contributed by atoms with Crippen LogP contribution in [0, 0.1) is 0 Å². The van der Waals surface area contributed by atoms with Gasteiger partial charge in [-0.05, 0) is 6.07 Å². The van der Waals surface area contributed by atoms with Gasteiger partial charge >= 0.3 is 6.18 Å². The van der Waals surface area contributed by atoms with E-state index in [1.54, 1.807) is 0 Å². The van der Waals surface area contributed by atoms with Gasteiger partial charge in [0.2, 0.25) is 5.82 Å². The number of aryl methyl sites for hydroxylation is 1. The quantitative estimate of drug-likeness (QED) is 0.739. The Kier molecular flexibility index (Phi) is 2.33. The molecule has 84 valence electrons. The molecule has 0 aliphatic rings. The van der Waals surface area contributed by atoms with Crippen LogP contribution in [0.2, 0.25) is 0 Å². The average molecular weight is 229 g/mol. The van der Waals surface area contributed by atoms with E-state index in [4.69, 9.17) is 0 Å². The van der Waals surface area contributed by atoms with Crippen molar-refractivity contribution in [2.24, 2.45) is 7.05 Å². The summed E-state index contributed by atoms with van der Waals surface area (Å²) in [6.07, 6.45) is -1.85. The highest BCUT2D eigenvalue weighted by atomic mass is 19.4. The van der Waals surface area contributed by atoms with Gasteiger partial charge in [0.15, 0.2) is 5.82 Å². The topological polar surface area (TPSA) is 56.5 Å². The standard InChI is InChI=1S/C8H6F3N5/c1-16-7(8(9,10)11)14-6(15-16)5-2-3-12-13-4-5/h2-4H,1H3. The van der Waals surface area contributed by atoms with Crippen LogP contribution >= 0.6 is 0 Å². The Bertz CT molecular complexity index is 490. The number of halogens is 3. The molecule has 0 amide bonds. The average Bonchev–Trinajstić information content (AvgIpc) is 2.61. The third kappa shape index (κ3) is 1.86. The first-order chi connectivity index (χ1) is 7.48. The largest absolute Gasteiger partial charge is 0.451 e. The van der Waals surface area contributed by atoms with Crippen LogP contribution in [-0.2, 0) is 13.2 Å². The molecular weight excluding hydrogens is 223 g/mol. The van der Waals surface area contributed by atoms with Crippen molar-refractivity contribution in [2.45, 2.75) is 6.18 Å². The van der Waals surface area contributed by atoms with Gasteiger partial charge in [0.1, 0.15) is 0 Å². The van der Waals surface area contributed by atoms with Gasteiger partial charge in [-0.25, -0.2) is 9.67 Å². The van der Waals surface area contributed by atoms with E-state index in [9.17, 15) is 13.2 Å². The number of alkyl halides is 3. The van der Waals surface area contributed by atoms with Gasteiger partial charge in [0.05, 0.1) is 12.4 Å². The van der Waals surface area contributed by atoms with Gasteiger partial charge in [0, 0.05) is 12.6 Å². The molecule has 0 atom stereocenters. The monoisotopic (exact) mass is 229 g/mol. The van der Waals surface area contributed by atoms with Gasteiger partial charge in [-0.1, -0.05) is 0 Å². The molecule has 0 radical (unpaired) electrons. The third-order valence-corrected chi connectivity index (χ3v) is 1.86. The molecule has 2 rings (SSSR count). The molecule has 2 aromatic heterocycles. The van der Waals surface area contributed by atoms with E-state index in [1.165, 1.54) is 25.5 Å². The molecule has 0 fully saturated rings. The predicted octanol–water partition coefficient (Wildman–Crippen LogP) is 1.29. The molecule has 5 nitrogen and oxygen atoms in total. The second-order valence-electron chi connectivity index (χ2n) is 3.01. The fourth-order valence-electron chi connectivity index (χ4n) is 1.18. The molecule has 0 saturated heterocycles. The predicted molar refractivity (Wildman–Crippen MR) is 47.0 cm³/mol. The van der Waals surface area contributed by atoms with Crippen molar-refractivity contribution < 1.29 is 13.2 Å². The summed E-state index contributed by atoms with van der Waals surface area (Å²) in [5.41, 5.74) is 0.390. The molecule has 2 heterocycles. The SMILES string of the molecule is Cn1nc(-c2ccnnc2)nc1C(F)(F)F. The Morgan fingerprint density at radius 3 is 2.50 bits per heavy atom. The lowest BCUT2D eigenvalue weighted by atomic mass is 10.3. The van der Waals surface area contributed by atoms with E-state index in [0.717, 1.165) is 0 Å². The van der Waals surface area contributed by atoms with Crippen molar-refractivity contribution in [1.82, 2.24) is 25.0 Å². The van der Waals surface area contributed by atoms with Gasteiger partial charge < -0.3 is 0 Å². The van der Waals surface area contributed by atoms with Gasteiger partial charge in [-0.15, -0.1) is 0 Å². The highest BCUT2D eigenvalue weighted by Crippen LogP contribution is 2.28. The maximum absolute atomic E-state index is 12.4. The Balaban J connectivity index is 2.47. The molecule has 0 bridgehead atoms. The van der Waals surface area contributed by atoms with E-state index in [2.05, 4.69) is 20.3 Å². The highest BCUT2D eigenvalue weighted by molar-refractivity contribution is 5.51. The summed E-state index contributed by atoms with van der Waals surface area (Å²) in [5, 5.41) is 10.7. The van der Waals surface area contributed by atoms with Crippen LogP contribution in [0.1, 0.15) is 5.82 Å². The number of hydrogen-bond acceptors (Lipinski definition) is 4. The van der Waals surface area contributed by atoms with E-state index in [-0.39, 0.29) is 5.82 Å². The fraction of sp³-hybridized carbons (Fsp3) is 0.250. The number of nitrogens with zero attached hydrogens (tertiary/aromatic N) is 5. The molecule has 0 aliphatic heterocycles. The second-order valence-corrected chi connectivity index (χ2v) is 3.01. The summed E-state index contributed by atoms with van der Waals surface area (Å²) in [6, 6.07) is 1.49. The normalized spacial score (nSPS) is 11.8. The van der Waals surface area contributed by atoms with Gasteiger partial charge in [-0.3, -0.25) is 0 Å². The summed E-state index contributed by atoms with van der Waals surface area (Å²) in [7, 11) is 1.19. The molecule has 0 N–H and O–H groups in total. The minimum atomic E-state index is -4.51. The number of rotatable bonds is 1. The maximum Gasteiger partial charge on any atom is 0.451 e. The van der Waals surface area contributed by atoms with Crippen LogP contribution in [0.4, 0.5) is 13.2 Å². The molecular formula is C8H6F3N5. The molecule has 0 aromatic carbocycles. The van der Waals surface area contributed by atoms with Crippen molar-refractivity contribution in [3.63, 3.8) is 0 Å².